The molecule has 88 valence electrons. The molecule has 0 unspecified atom stereocenters. The molecule has 0 atom stereocenters. The Morgan fingerprint density at radius 1 is 0.615 bits per heavy atom. The van der Waals surface area contributed by atoms with Gasteiger partial charge in [0.2, 0.25) is 0 Å². The first kappa shape index (κ1) is 23.5. The minimum atomic E-state index is 0. The monoisotopic (exact) mass is 277 g/mol. The van der Waals surface area contributed by atoms with Gasteiger partial charge in [-0.25, -0.2) is 0 Å². The number of rotatable bonds is 3. The van der Waals surface area contributed by atoms with Crippen LogP contribution in [0.4, 0.5) is 0 Å². The van der Waals surface area contributed by atoms with Gasteiger partial charge < -0.3 is 20.8 Å². The zero-order valence-corrected chi connectivity index (χ0v) is 11.2. The van der Waals surface area contributed by atoms with Crippen LogP contribution >= 0.6 is 0 Å². The van der Waals surface area contributed by atoms with Gasteiger partial charge in [-0.2, -0.15) is 19.3 Å². The predicted molar refractivity (Wildman–Crippen MR) is 60.8 cm³/mol. The van der Waals surface area contributed by atoms with Crippen LogP contribution in [0.3, 0.4) is 0 Å². The van der Waals surface area contributed by atoms with Crippen molar-refractivity contribution in [2.24, 2.45) is 0 Å². The first-order valence-corrected chi connectivity index (χ1v) is 5.12. The van der Waals surface area contributed by atoms with E-state index in [9.17, 15) is 0 Å². The van der Waals surface area contributed by atoms with Crippen molar-refractivity contribution < 1.29 is 20.4 Å². The molecule has 0 fully saturated rings. The van der Waals surface area contributed by atoms with Gasteiger partial charge in [0.1, 0.15) is 0 Å². The van der Waals surface area contributed by atoms with Crippen LogP contribution in [0.15, 0.2) is 0 Å². The van der Waals surface area contributed by atoms with E-state index in [2.05, 4.69) is 41.5 Å². The average molecular weight is 278 g/mol. The van der Waals surface area contributed by atoms with Crippen molar-refractivity contribution in [3.05, 3.63) is 20.8 Å². The van der Waals surface area contributed by atoms with Crippen molar-refractivity contribution in [3.8, 4) is 0 Å². The molecule has 0 aromatic rings. The van der Waals surface area contributed by atoms with E-state index in [-0.39, 0.29) is 20.4 Å². The number of hydrogen-bond donors (Lipinski definition) is 0. The summed E-state index contributed by atoms with van der Waals surface area (Å²) in [6.07, 6.45) is 6.83. The second-order valence-corrected chi connectivity index (χ2v) is 2.56. The fraction of sp³-hybridized carbons (Fsp3) is 0.750. The summed E-state index contributed by atoms with van der Waals surface area (Å²) >= 11 is 0. The van der Waals surface area contributed by atoms with Gasteiger partial charge in [-0.05, 0) is 0 Å². The molecular weight excluding hydrogens is 251 g/mol. The second-order valence-electron chi connectivity index (χ2n) is 2.56. The third-order valence-corrected chi connectivity index (χ3v) is 1.06. The summed E-state index contributed by atoms with van der Waals surface area (Å²) in [5, 5.41) is 0. The van der Waals surface area contributed by atoms with Crippen LogP contribution in [0, 0.1) is 20.8 Å². The van der Waals surface area contributed by atoms with Crippen LogP contribution in [0.5, 0.6) is 0 Å². The van der Waals surface area contributed by atoms with E-state index in [0.717, 1.165) is 19.3 Å². The SMILES string of the molecule is [CH2-]CCC.[CH2-]CCC.[CH2-]CCC.[Pd]. The topological polar surface area (TPSA) is 0 Å². The number of hydrogen-bond acceptors (Lipinski definition) is 0. The first-order chi connectivity index (χ1) is 5.74. The largest absolute Gasteiger partial charge is 0.343 e. The van der Waals surface area contributed by atoms with E-state index >= 15 is 0 Å². The molecule has 0 saturated heterocycles. The predicted octanol–water partition coefficient (Wildman–Crippen LogP) is 4.86. The van der Waals surface area contributed by atoms with Gasteiger partial charge in [0.05, 0.1) is 0 Å². The molecule has 0 bridgehead atoms. The van der Waals surface area contributed by atoms with Gasteiger partial charge in [-0.1, -0.05) is 40.0 Å². The molecule has 0 nitrogen and oxygen atoms in total. The standard InChI is InChI=1S/3C4H9.Pd/c3*1-3-4-2;/h3*1,3-4H2,2H3;/q3*-1;. The second kappa shape index (κ2) is 38.8. The van der Waals surface area contributed by atoms with E-state index in [0.29, 0.717) is 0 Å². The molecule has 0 N–H and O–H groups in total. The molecule has 0 rings (SSSR count). The summed E-state index contributed by atoms with van der Waals surface area (Å²) < 4.78 is 0. The maximum Gasteiger partial charge on any atom is 0 e. The van der Waals surface area contributed by atoms with Gasteiger partial charge in [-0.15, -0.1) is 0 Å². The van der Waals surface area contributed by atoms with Crippen LogP contribution in [-0.2, 0) is 20.4 Å². The third-order valence-electron chi connectivity index (χ3n) is 1.06. The van der Waals surface area contributed by atoms with E-state index < -0.39 is 0 Å². The molecule has 0 aliphatic heterocycles. The average Bonchev–Trinajstić information content (AvgIpc) is 2.18. The molecule has 0 aromatic carbocycles. The Kier molecular flexibility index (Phi) is 70.0. The third kappa shape index (κ3) is 107. The van der Waals surface area contributed by atoms with Crippen LogP contribution in [0.2, 0.25) is 0 Å². The van der Waals surface area contributed by atoms with E-state index in [1.807, 2.05) is 0 Å². The van der Waals surface area contributed by atoms with Crippen LogP contribution < -0.4 is 0 Å². The quantitative estimate of drug-likeness (QED) is 0.510. The molecule has 0 amide bonds. The molecule has 0 aromatic heterocycles. The summed E-state index contributed by atoms with van der Waals surface area (Å²) in [4.78, 5) is 0. The number of unbranched alkanes of at least 4 members (excludes halogenated alkanes) is 3. The Bertz CT molecular complexity index is 20.6. The molecule has 0 aliphatic rings. The first-order valence-electron chi connectivity index (χ1n) is 5.12. The van der Waals surface area contributed by atoms with E-state index in [1.54, 1.807) is 0 Å². The van der Waals surface area contributed by atoms with Gasteiger partial charge >= 0.3 is 0 Å². The van der Waals surface area contributed by atoms with Crippen molar-refractivity contribution in [2.75, 3.05) is 0 Å². The van der Waals surface area contributed by atoms with Gasteiger partial charge in [-0.3, -0.25) is 0 Å². The Morgan fingerprint density at radius 3 is 0.692 bits per heavy atom. The van der Waals surface area contributed by atoms with Gasteiger partial charge in [0, 0.05) is 20.4 Å². The molecule has 0 saturated carbocycles. The summed E-state index contributed by atoms with van der Waals surface area (Å²) in [6.45, 7) is 17.2. The fourth-order valence-electron chi connectivity index (χ4n) is 0. The fourth-order valence-corrected chi connectivity index (χ4v) is 0. The zero-order valence-electron chi connectivity index (χ0n) is 9.68. The van der Waals surface area contributed by atoms with Crippen molar-refractivity contribution in [1.29, 1.82) is 0 Å². The van der Waals surface area contributed by atoms with Gasteiger partial charge in [0.25, 0.3) is 0 Å². The molecule has 0 heterocycles. The van der Waals surface area contributed by atoms with Crippen molar-refractivity contribution in [3.63, 3.8) is 0 Å². The van der Waals surface area contributed by atoms with E-state index in [4.69, 9.17) is 0 Å². The molecular formula is C12H27Pd-3. The van der Waals surface area contributed by atoms with E-state index in [1.165, 1.54) is 19.3 Å². The summed E-state index contributed by atoms with van der Waals surface area (Å²) in [5.41, 5.74) is 0. The summed E-state index contributed by atoms with van der Waals surface area (Å²) in [6, 6.07) is 0. The van der Waals surface area contributed by atoms with Gasteiger partial charge in [0.15, 0.2) is 0 Å². The Balaban J connectivity index is -0.0000000450. The van der Waals surface area contributed by atoms with Crippen LogP contribution in [-0.4, -0.2) is 0 Å². The smallest absolute Gasteiger partial charge is 0 e. The summed E-state index contributed by atoms with van der Waals surface area (Å²) in [5.74, 6) is 0. The Labute approximate surface area is 101 Å². The Morgan fingerprint density at radius 2 is 0.692 bits per heavy atom. The van der Waals surface area contributed by atoms with Crippen molar-refractivity contribution in [2.45, 2.75) is 59.3 Å². The minimum absolute atomic E-state index is 0. The van der Waals surface area contributed by atoms with Crippen LogP contribution in [0.1, 0.15) is 59.3 Å². The van der Waals surface area contributed by atoms with Crippen LogP contribution in [0.25, 0.3) is 0 Å². The molecule has 0 radical (unpaired) electrons. The maximum absolute atomic E-state index is 3.60. The molecule has 13 heavy (non-hydrogen) atoms. The molecule has 0 aliphatic carbocycles. The normalized spacial score (nSPS) is 6.92. The minimum Gasteiger partial charge on any atom is -0.343 e. The maximum atomic E-state index is 3.60. The zero-order chi connectivity index (χ0) is 10.2. The summed E-state index contributed by atoms with van der Waals surface area (Å²) in [7, 11) is 0. The molecule has 0 spiro atoms. The van der Waals surface area contributed by atoms with Crippen molar-refractivity contribution in [1.82, 2.24) is 0 Å². The molecule has 1 heteroatoms. The van der Waals surface area contributed by atoms with Crippen molar-refractivity contribution >= 4 is 0 Å². The Hall–Kier alpha value is 0.662.